The molecule has 5 nitrogen and oxygen atoms in total. The third-order valence-corrected chi connectivity index (χ3v) is 5.41. The summed E-state index contributed by atoms with van der Waals surface area (Å²) in [6.07, 6.45) is 6.97. The summed E-state index contributed by atoms with van der Waals surface area (Å²) in [4.78, 5) is 12.5. The van der Waals surface area contributed by atoms with E-state index in [1.165, 1.54) is 0 Å². The van der Waals surface area contributed by atoms with Crippen LogP contribution in [0.1, 0.15) is 35.2 Å². The van der Waals surface area contributed by atoms with Crippen LogP contribution in [0, 0.1) is 12.3 Å². The molecule has 0 bridgehead atoms. The number of carbonyl (C=O) groups excluding carboxylic acids is 1. The van der Waals surface area contributed by atoms with Crippen LogP contribution in [-0.2, 0) is 7.05 Å². The lowest BCUT2D eigenvalue weighted by molar-refractivity contribution is 0.0873. The molecule has 2 saturated carbocycles. The highest BCUT2D eigenvalue weighted by Gasteiger charge is 2.60. The molecule has 2 aromatic rings. The maximum Gasteiger partial charge on any atom is 0.251 e. The second-order valence-corrected chi connectivity index (χ2v) is 7.18. The Morgan fingerprint density at radius 1 is 1.39 bits per heavy atom. The fourth-order valence-electron chi connectivity index (χ4n) is 3.78. The molecular weight excluding hydrogens is 288 g/mol. The van der Waals surface area contributed by atoms with E-state index in [0.717, 1.165) is 36.0 Å². The molecule has 1 atom stereocenters. The summed E-state index contributed by atoms with van der Waals surface area (Å²) in [5.41, 5.74) is 10.2. The second kappa shape index (κ2) is 4.93. The number of hydrogen-bond acceptors (Lipinski definition) is 3. The first-order valence-electron chi connectivity index (χ1n) is 8.13. The Balaban J connectivity index is 1.49. The molecule has 0 saturated heterocycles. The summed E-state index contributed by atoms with van der Waals surface area (Å²) in [5, 5.41) is 7.35. The van der Waals surface area contributed by atoms with Crippen LogP contribution in [0.25, 0.3) is 11.1 Å². The smallest absolute Gasteiger partial charge is 0.251 e. The maximum absolute atomic E-state index is 12.5. The Hall–Kier alpha value is -2.14. The zero-order valence-corrected chi connectivity index (χ0v) is 13.5. The predicted octanol–water partition coefficient (Wildman–Crippen LogP) is 2.01. The number of rotatable bonds is 3. The number of carbonyl (C=O) groups is 1. The fourth-order valence-corrected chi connectivity index (χ4v) is 3.78. The van der Waals surface area contributed by atoms with Crippen LogP contribution in [0.3, 0.4) is 0 Å². The largest absolute Gasteiger partial charge is 0.349 e. The fraction of sp³-hybridized carbons (Fsp3) is 0.444. The first kappa shape index (κ1) is 14.5. The Bertz CT molecular complexity index is 773. The Morgan fingerprint density at radius 3 is 2.74 bits per heavy atom. The predicted molar refractivity (Wildman–Crippen MR) is 88.9 cm³/mol. The molecule has 2 aliphatic carbocycles. The van der Waals surface area contributed by atoms with Crippen molar-refractivity contribution in [1.29, 1.82) is 0 Å². The molecule has 3 N–H and O–H groups in total. The molecule has 2 fully saturated rings. The van der Waals surface area contributed by atoms with E-state index >= 15 is 0 Å². The summed E-state index contributed by atoms with van der Waals surface area (Å²) >= 11 is 0. The van der Waals surface area contributed by atoms with Crippen LogP contribution in [0.5, 0.6) is 0 Å². The second-order valence-electron chi connectivity index (χ2n) is 7.18. The van der Waals surface area contributed by atoms with Crippen molar-refractivity contribution in [3.05, 3.63) is 41.7 Å². The zero-order chi connectivity index (χ0) is 16.2. The van der Waals surface area contributed by atoms with E-state index in [2.05, 4.69) is 10.4 Å². The molecule has 1 amide bonds. The van der Waals surface area contributed by atoms with Gasteiger partial charge in [-0.05, 0) is 54.9 Å². The molecule has 1 unspecified atom stereocenters. The molecule has 0 aliphatic heterocycles. The molecule has 1 aromatic carbocycles. The zero-order valence-electron chi connectivity index (χ0n) is 13.5. The first-order chi connectivity index (χ1) is 11.0. The normalized spacial score (nSPS) is 28.5. The van der Waals surface area contributed by atoms with Gasteiger partial charge in [0.2, 0.25) is 0 Å². The maximum atomic E-state index is 12.5. The Kier molecular flexibility index (Phi) is 3.10. The summed E-state index contributed by atoms with van der Waals surface area (Å²) in [6, 6.07) is 6.48. The Labute approximate surface area is 135 Å². The van der Waals surface area contributed by atoms with Crippen molar-refractivity contribution in [2.75, 3.05) is 0 Å². The summed E-state index contributed by atoms with van der Waals surface area (Å²) in [5.74, 6) is 0.00390. The van der Waals surface area contributed by atoms with E-state index < -0.39 is 0 Å². The molecule has 1 aromatic heterocycles. The number of benzene rings is 1. The third-order valence-electron chi connectivity index (χ3n) is 5.41. The van der Waals surface area contributed by atoms with Crippen molar-refractivity contribution in [3.63, 3.8) is 0 Å². The number of aromatic nitrogens is 2. The standard InChI is InChI=1S/C18H22N4O/c1-11-3-4-12(5-15(11)13-9-20-22(2)10-13)17(23)21-14-6-18(7-14)8-16(18)19/h3-5,9-10,14,16H,6-8,19H2,1-2H3,(H,21,23). The van der Waals surface area contributed by atoms with Crippen molar-refractivity contribution in [2.24, 2.45) is 18.2 Å². The topological polar surface area (TPSA) is 72.9 Å². The van der Waals surface area contributed by atoms with Gasteiger partial charge in [0.15, 0.2) is 0 Å². The van der Waals surface area contributed by atoms with Gasteiger partial charge in [-0.3, -0.25) is 9.48 Å². The van der Waals surface area contributed by atoms with Crippen LogP contribution in [0.15, 0.2) is 30.6 Å². The Morgan fingerprint density at radius 2 is 2.13 bits per heavy atom. The van der Waals surface area contributed by atoms with Gasteiger partial charge in [0.1, 0.15) is 0 Å². The van der Waals surface area contributed by atoms with Crippen molar-refractivity contribution in [3.8, 4) is 11.1 Å². The molecule has 2 aliphatic rings. The number of hydrogen-bond donors (Lipinski definition) is 2. The lowest BCUT2D eigenvalue weighted by Crippen LogP contribution is -2.47. The van der Waals surface area contributed by atoms with Gasteiger partial charge in [-0.2, -0.15) is 5.10 Å². The summed E-state index contributed by atoms with van der Waals surface area (Å²) in [7, 11) is 1.89. The van der Waals surface area contributed by atoms with Crippen molar-refractivity contribution >= 4 is 5.91 Å². The number of nitrogens with zero attached hydrogens (tertiary/aromatic N) is 2. The number of amides is 1. The van der Waals surface area contributed by atoms with E-state index in [-0.39, 0.29) is 11.9 Å². The van der Waals surface area contributed by atoms with E-state index in [9.17, 15) is 4.79 Å². The lowest BCUT2D eigenvalue weighted by Gasteiger charge is -2.37. The van der Waals surface area contributed by atoms with Crippen LogP contribution >= 0.6 is 0 Å². The van der Waals surface area contributed by atoms with Gasteiger partial charge in [0.05, 0.1) is 6.20 Å². The van der Waals surface area contributed by atoms with Gasteiger partial charge >= 0.3 is 0 Å². The average Bonchev–Trinajstić information content (AvgIpc) is 2.95. The molecule has 1 heterocycles. The highest BCUT2D eigenvalue weighted by molar-refractivity contribution is 5.96. The van der Waals surface area contributed by atoms with E-state index in [0.29, 0.717) is 17.0 Å². The van der Waals surface area contributed by atoms with Crippen LogP contribution < -0.4 is 11.1 Å². The van der Waals surface area contributed by atoms with Crippen molar-refractivity contribution in [2.45, 2.75) is 38.3 Å². The molecule has 0 radical (unpaired) electrons. The molecule has 1 spiro atoms. The van der Waals surface area contributed by atoms with E-state index in [4.69, 9.17) is 5.73 Å². The SMILES string of the molecule is Cc1ccc(C(=O)NC2CC3(C2)CC3N)cc1-c1cnn(C)c1. The third kappa shape index (κ3) is 2.45. The minimum absolute atomic E-state index is 0.00390. The van der Waals surface area contributed by atoms with E-state index in [1.807, 2.05) is 44.6 Å². The molecule has 120 valence electrons. The van der Waals surface area contributed by atoms with Crippen LogP contribution in [0.2, 0.25) is 0 Å². The molecule has 4 rings (SSSR count). The monoisotopic (exact) mass is 310 g/mol. The number of aryl methyl sites for hydroxylation is 2. The minimum Gasteiger partial charge on any atom is -0.349 e. The highest BCUT2D eigenvalue weighted by atomic mass is 16.1. The van der Waals surface area contributed by atoms with Gasteiger partial charge in [0.25, 0.3) is 5.91 Å². The van der Waals surface area contributed by atoms with E-state index in [1.54, 1.807) is 4.68 Å². The number of nitrogens with two attached hydrogens (primary N) is 1. The average molecular weight is 310 g/mol. The van der Waals surface area contributed by atoms with Gasteiger partial charge in [-0.25, -0.2) is 0 Å². The summed E-state index contributed by atoms with van der Waals surface area (Å²) in [6.45, 7) is 2.05. The molecule has 23 heavy (non-hydrogen) atoms. The van der Waals surface area contributed by atoms with Crippen molar-refractivity contribution < 1.29 is 4.79 Å². The summed E-state index contributed by atoms with van der Waals surface area (Å²) < 4.78 is 1.77. The quantitative estimate of drug-likeness (QED) is 0.911. The highest BCUT2D eigenvalue weighted by Crippen LogP contribution is 2.59. The van der Waals surface area contributed by atoms with Gasteiger partial charge in [-0.1, -0.05) is 6.07 Å². The van der Waals surface area contributed by atoms with Gasteiger partial charge in [0, 0.05) is 36.5 Å². The van der Waals surface area contributed by atoms with Gasteiger partial charge < -0.3 is 11.1 Å². The first-order valence-corrected chi connectivity index (χ1v) is 8.13. The molecule has 5 heteroatoms. The van der Waals surface area contributed by atoms with Crippen LogP contribution in [0.4, 0.5) is 0 Å². The number of nitrogens with one attached hydrogen (secondary N) is 1. The lowest BCUT2D eigenvalue weighted by atomic mass is 9.76. The van der Waals surface area contributed by atoms with Crippen molar-refractivity contribution in [1.82, 2.24) is 15.1 Å². The van der Waals surface area contributed by atoms with Crippen LogP contribution in [-0.4, -0.2) is 27.8 Å². The minimum atomic E-state index is 0.00390. The molecular formula is C18H22N4O. The van der Waals surface area contributed by atoms with Gasteiger partial charge in [-0.15, -0.1) is 0 Å².